The van der Waals surface area contributed by atoms with E-state index in [1.165, 1.54) is 21.1 Å². The minimum atomic E-state index is -1.40. The van der Waals surface area contributed by atoms with Gasteiger partial charge >= 0.3 is 0 Å². The lowest BCUT2D eigenvalue weighted by atomic mass is 10.2. The van der Waals surface area contributed by atoms with Gasteiger partial charge in [-0.05, 0) is 45.0 Å². The van der Waals surface area contributed by atoms with Gasteiger partial charge in [-0.2, -0.15) is 10.2 Å². The van der Waals surface area contributed by atoms with Gasteiger partial charge in [-0.15, -0.1) is 0 Å². The molecule has 1 atom stereocenters. The van der Waals surface area contributed by atoms with Crippen molar-refractivity contribution >= 4 is 34.7 Å². The minimum Gasteiger partial charge on any atom is -0.493 e. The third-order valence-electron chi connectivity index (χ3n) is 4.20. The van der Waals surface area contributed by atoms with Crippen LogP contribution in [-0.2, 0) is 9.59 Å². The van der Waals surface area contributed by atoms with E-state index >= 15 is 0 Å². The van der Waals surface area contributed by atoms with Gasteiger partial charge in [0.2, 0.25) is 6.04 Å². The summed E-state index contributed by atoms with van der Waals surface area (Å²) in [7, 11) is 3.00. The van der Waals surface area contributed by atoms with Crippen molar-refractivity contribution in [3.05, 3.63) is 35.4 Å². The zero-order chi connectivity index (χ0) is 23.7. The van der Waals surface area contributed by atoms with Crippen LogP contribution in [0.3, 0.4) is 0 Å². The fraction of sp³-hybridized carbons (Fsp3) is 0.364. The fourth-order valence-electron chi connectivity index (χ4n) is 2.74. The summed E-state index contributed by atoms with van der Waals surface area (Å²) >= 11 is 6.24. The van der Waals surface area contributed by atoms with Crippen molar-refractivity contribution in [2.24, 2.45) is 10.2 Å². The number of ether oxygens (including phenoxy) is 4. The molecule has 0 aliphatic carbocycles. The first-order valence-electron chi connectivity index (χ1n) is 9.88. The van der Waals surface area contributed by atoms with Crippen LogP contribution in [0.4, 0.5) is 11.4 Å². The van der Waals surface area contributed by atoms with Crippen LogP contribution >= 0.6 is 11.6 Å². The summed E-state index contributed by atoms with van der Waals surface area (Å²) in [6.45, 7) is 5.50. The molecular weight excluding hydrogens is 438 g/mol. The average molecular weight is 464 g/mol. The molecule has 2 aromatic rings. The van der Waals surface area contributed by atoms with Crippen LogP contribution in [-0.4, -0.2) is 45.2 Å². The maximum absolute atomic E-state index is 12.9. The lowest BCUT2D eigenvalue weighted by Gasteiger charge is -2.18. The van der Waals surface area contributed by atoms with Crippen LogP contribution in [0.15, 0.2) is 40.6 Å². The molecule has 0 radical (unpaired) electrons. The van der Waals surface area contributed by atoms with Crippen LogP contribution in [0.25, 0.3) is 0 Å². The number of hydrogen-bond acceptors (Lipinski definition) is 8. The zero-order valence-electron chi connectivity index (χ0n) is 18.6. The molecule has 0 heterocycles. The molecule has 172 valence electrons. The molecule has 0 aromatic heterocycles. The number of carbonyl (C=O) groups excluding carboxylic acids is 2. The summed E-state index contributed by atoms with van der Waals surface area (Å²) < 4.78 is 21.6. The second kappa shape index (κ2) is 11.9. The van der Waals surface area contributed by atoms with E-state index < -0.39 is 17.7 Å². The number of azo groups is 1. The van der Waals surface area contributed by atoms with Crippen molar-refractivity contribution < 1.29 is 28.5 Å². The molecule has 0 aliphatic heterocycles. The number of benzene rings is 2. The SMILES string of the molecule is CCOc1ccc(Cl)c(OCC)c1NC(=O)C(N=Nc1ccc(OC)c(OC)c1)C(C)=O. The van der Waals surface area contributed by atoms with Crippen LogP contribution in [0.2, 0.25) is 5.02 Å². The molecule has 2 aromatic carbocycles. The Morgan fingerprint density at radius 1 is 1.00 bits per heavy atom. The number of nitrogens with zero attached hydrogens (tertiary/aromatic N) is 2. The first-order valence-corrected chi connectivity index (χ1v) is 10.3. The van der Waals surface area contributed by atoms with Crippen LogP contribution in [0, 0.1) is 0 Å². The first-order chi connectivity index (χ1) is 15.4. The Labute approximate surface area is 191 Å². The van der Waals surface area contributed by atoms with Crippen molar-refractivity contribution in [2.45, 2.75) is 26.8 Å². The normalized spacial score (nSPS) is 11.7. The van der Waals surface area contributed by atoms with Gasteiger partial charge in [0.15, 0.2) is 23.0 Å². The molecular formula is C22H26ClN3O6. The highest BCUT2D eigenvalue weighted by atomic mass is 35.5. The second-order valence-corrected chi connectivity index (χ2v) is 6.78. The predicted molar refractivity (Wildman–Crippen MR) is 121 cm³/mol. The monoisotopic (exact) mass is 463 g/mol. The van der Waals surface area contributed by atoms with Crippen molar-refractivity contribution in [1.82, 2.24) is 0 Å². The third-order valence-corrected chi connectivity index (χ3v) is 4.49. The molecule has 0 fully saturated rings. The number of methoxy groups -OCH3 is 2. The largest absolute Gasteiger partial charge is 0.493 e. The molecule has 10 heteroatoms. The maximum Gasteiger partial charge on any atom is 0.259 e. The van der Waals surface area contributed by atoms with Gasteiger partial charge < -0.3 is 24.3 Å². The molecule has 9 nitrogen and oxygen atoms in total. The lowest BCUT2D eigenvalue weighted by Crippen LogP contribution is -2.32. The summed E-state index contributed by atoms with van der Waals surface area (Å²) in [5.74, 6) is 0.352. The van der Waals surface area contributed by atoms with E-state index in [0.29, 0.717) is 36.1 Å². The standard InChI is InChI=1S/C22H26ClN3O6/c1-6-31-17-11-9-15(23)21(32-7-2)20(17)24-22(28)19(13(3)27)26-25-14-8-10-16(29-4)18(12-14)30-5/h8-12,19H,6-7H2,1-5H3,(H,24,28). The molecule has 0 aliphatic rings. The van der Waals surface area contributed by atoms with E-state index in [0.717, 1.165) is 0 Å². The number of amides is 1. The van der Waals surface area contributed by atoms with E-state index in [4.69, 9.17) is 30.5 Å². The summed E-state index contributed by atoms with van der Waals surface area (Å²) in [5, 5.41) is 10.9. The second-order valence-electron chi connectivity index (χ2n) is 6.37. The van der Waals surface area contributed by atoms with E-state index in [1.54, 1.807) is 44.2 Å². The van der Waals surface area contributed by atoms with Gasteiger partial charge in [0, 0.05) is 6.07 Å². The summed E-state index contributed by atoms with van der Waals surface area (Å²) in [5.41, 5.74) is 0.605. The molecule has 0 saturated heterocycles. The number of Topliss-reactive ketones (excluding diaryl/α,β-unsaturated/α-hetero) is 1. The molecule has 1 N–H and O–H groups in total. The van der Waals surface area contributed by atoms with Gasteiger partial charge in [-0.1, -0.05) is 11.6 Å². The Balaban J connectivity index is 2.35. The van der Waals surface area contributed by atoms with Gasteiger partial charge in [-0.3, -0.25) is 9.59 Å². The Bertz CT molecular complexity index is 996. The van der Waals surface area contributed by atoms with Crippen LogP contribution in [0.5, 0.6) is 23.0 Å². The smallest absolute Gasteiger partial charge is 0.259 e. The van der Waals surface area contributed by atoms with Crippen molar-refractivity contribution in [2.75, 3.05) is 32.8 Å². The molecule has 1 unspecified atom stereocenters. The quantitative estimate of drug-likeness (QED) is 0.377. The summed E-state index contributed by atoms with van der Waals surface area (Å²) in [4.78, 5) is 25.1. The lowest BCUT2D eigenvalue weighted by molar-refractivity contribution is -0.126. The third kappa shape index (κ3) is 6.10. The number of rotatable bonds is 11. The van der Waals surface area contributed by atoms with E-state index in [1.807, 2.05) is 0 Å². The topological polar surface area (TPSA) is 108 Å². The van der Waals surface area contributed by atoms with Crippen LogP contribution < -0.4 is 24.3 Å². The fourth-order valence-corrected chi connectivity index (χ4v) is 2.95. The van der Waals surface area contributed by atoms with Gasteiger partial charge in [-0.25, -0.2) is 0 Å². The van der Waals surface area contributed by atoms with Gasteiger partial charge in [0.25, 0.3) is 5.91 Å². The minimum absolute atomic E-state index is 0.221. The number of halogens is 1. The number of carbonyl (C=O) groups is 2. The Hall–Kier alpha value is -3.33. The first kappa shape index (κ1) is 24.9. The molecule has 2 rings (SSSR count). The van der Waals surface area contributed by atoms with Gasteiger partial charge in [0.1, 0.15) is 11.4 Å². The van der Waals surface area contributed by atoms with E-state index in [2.05, 4.69) is 15.5 Å². The molecule has 1 amide bonds. The molecule has 0 bridgehead atoms. The van der Waals surface area contributed by atoms with Crippen molar-refractivity contribution in [1.29, 1.82) is 0 Å². The number of anilines is 1. The Morgan fingerprint density at radius 2 is 1.66 bits per heavy atom. The highest BCUT2D eigenvalue weighted by Gasteiger charge is 2.26. The summed E-state index contributed by atoms with van der Waals surface area (Å²) in [6.07, 6.45) is 0. The number of hydrogen-bond donors (Lipinski definition) is 1. The molecule has 32 heavy (non-hydrogen) atoms. The summed E-state index contributed by atoms with van der Waals surface area (Å²) in [6, 6.07) is 6.66. The van der Waals surface area contributed by atoms with Crippen molar-refractivity contribution in [3.8, 4) is 23.0 Å². The number of ketones is 1. The van der Waals surface area contributed by atoms with Crippen LogP contribution in [0.1, 0.15) is 20.8 Å². The van der Waals surface area contributed by atoms with E-state index in [-0.39, 0.29) is 16.5 Å². The zero-order valence-corrected chi connectivity index (χ0v) is 19.4. The van der Waals surface area contributed by atoms with Gasteiger partial charge in [0.05, 0.1) is 38.1 Å². The maximum atomic E-state index is 12.9. The number of nitrogens with one attached hydrogen (secondary N) is 1. The average Bonchev–Trinajstić information content (AvgIpc) is 2.77. The highest BCUT2D eigenvalue weighted by Crippen LogP contribution is 2.41. The molecule has 0 saturated carbocycles. The predicted octanol–water partition coefficient (Wildman–Crippen LogP) is 4.83. The van der Waals surface area contributed by atoms with Crippen molar-refractivity contribution in [3.63, 3.8) is 0 Å². The molecule has 0 spiro atoms. The highest BCUT2D eigenvalue weighted by molar-refractivity contribution is 6.33. The Morgan fingerprint density at radius 3 is 2.25 bits per heavy atom. The van der Waals surface area contributed by atoms with E-state index in [9.17, 15) is 9.59 Å². The Kier molecular flexibility index (Phi) is 9.27.